The quantitative estimate of drug-likeness (QED) is 0.644. The predicted octanol–water partition coefficient (Wildman–Crippen LogP) is 3.14. The van der Waals surface area contributed by atoms with Gasteiger partial charge in [-0.05, 0) is 43.2 Å². The van der Waals surface area contributed by atoms with Gasteiger partial charge < -0.3 is 5.43 Å². The second kappa shape index (κ2) is 5.21. The van der Waals surface area contributed by atoms with Crippen molar-refractivity contribution in [3.8, 4) is 0 Å². The fourth-order valence-corrected chi connectivity index (χ4v) is 2.47. The molecule has 88 valence electrons. The number of pyridine rings is 1. The second-order valence-corrected chi connectivity index (χ2v) is 4.94. The first-order chi connectivity index (χ1) is 8.19. The van der Waals surface area contributed by atoms with E-state index < -0.39 is 0 Å². The van der Waals surface area contributed by atoms with Crippen molar-refractivity contribution >= 4 is 17.6 Å². The molecule has 0 unspecified atom stereocenters. The average Bonchev–Trinajstić information content (AvgIpc) is 2.34. The number of anilines is 1. The van der Waals surface area contributed by atoms with Crippen LogP contribution in [0, 0.1) is 13.8 Å². The summed E-state index contributed by atoms with van der Waals surface area (Å²) >= 11 is 1.65. The number of hydrogen-bond donors (Lipinski definition) is 2. The molecule has 0 aliphatic carbocycles. The zero-order valence-corrected chi connectivity index (χ0v) is 10.7. The molecular weight excluding hydrogens is 230 g/mol. The molecule has 0 aliphatic rings. The zero-order chi connectivity index (χ0) is 12.3. The summed E-state index contributed by atoms with van der Waals surface area (Å²) in [6.07, 6.45) is 0. The number of rotatable bonds is 3. The third kappa shape index (κ3) is 2.99. The maximum Gasteiger partial charge on any atom is 0.141 e. The van der Waals surface area contributed by atoms with Crippen LogP contribution in [0.15, 0.2) is 46.3 Å². The predicted molar refractivity (Wildman–Crippen MR) is 72.1 cm³/mol. The Labute approximate surface area is 105 Å². The van der Waals surface area contributed by atoms with Gasteiger partial charge in [0.05, 0.1) is 0 Å². The van der Waals surface area contributed by atoms with Crippen LogP contribution in [0.4, 0.5) is 5.82 Å². The lowest BCUT2D eigenvalue weighted by molar-refractivity contribution is 1.10. The monoisotopic (exact) mass is 245 g/mol. The van der Waals surface area contributed by atoms with Crippen molar-refractivity contribution < 1.29 is 0 Å². The average molecular weight is 245 g/mol. The van der Waals surface area contributed by atoms with Gasteiger partial charge in [0.15, 0.2) is 0 Å². The lowest BCUT2D eigenvalue weighted by Crippen LogP contribution is -2.08. The summed E-state index contributed by atoms with van der Waals surface area (Å²) in [5, 5.41) is 0.939. The van der Waals surface area contributed by atoms with Gasteiger partial charge >= 0.3 is 0 Å². The second-order valence-electron chi connectivity index (χ2n) is 3.88. The van der Waals surface area contributed by atoms with Gasteiger partial charge in [0.1, 0.15) is 10.8 Å². The number of nitrogens with two attached hydrogens (primary N) is 1. The zero-order valence-electron chi connectivity index (χ0n) is 9.90. The number of aryl methyl sites for hydroxylation is 2. The lowest BCUT2D eigenvalue weighted by Gasteiger charge is -2.07. The minimum absolute atomic E-state index is 0.681. The number of nitrogens with one attached hydrogen (secondary N) is 1. The van der Waals surface area contributed by atoms with Crippen LogP contribution in [0.1, 0.15) is 11.1 Å². The van der Waals surface area contributed by atoms with Crippen molar-refractivity contribution in [3.63, 3.8) is 0 Å². The van der Waals surface area contributed by atoms with E-state index in [-0.39, 0.29) is 0 Å². The summed E-state index contributed by atoms with van der Waals surface area (Å²) < 4.78 is 0. The first kappa shape index (κ1) is 12.0. The van der Waals surface area contributed by atoms with Gasteiger partial charge in [0.25, 0.3) is 0 Å². The van der Waals surface area contributed by atoms with E-state index in [1.807, 2.05) is 18.2 Å². The van der Waals surface area contributed by atoms with Gasteiger partial charge in [-0.3, -0.25) is 0 Å². The van der Waals surface area contributed by atoms with Gasteiger partial charge in [-0.1, -0.05) is 30.0 Å². The van der Waals surface area contributed by atoms with Crippen LogP contribution in [0.3, 0.4) is 0 Å². The summed E-state index contributed by atoms with van der Waals surface area (Å²) in [6, 6.07) is 12.2. The van der Waals surface area contributed by atoms with Crippen molar-refractivity contribution in [2.24, 2.45) is 5.84 Å². The maximum absolute atomic E-state index is 5.34. The summed E-state index contributed by atoms with van der Waals surface area (Å²) in [5.74, 6) is 6.03. The van der Waals surface area contributed by atoms with Crippen LogP contribution in [0.5, 0.6) is 0 Å². The molecule has 0 amide bonds. The molecule has 0 saturated carbocycles. The topological polar surface area (TPSA) is 50.9 Å². The normalized spacial score (nSPS) is 10.3. The molecule has 2 rings (SSSR count). The van der Waals surface area contributed by atoms with E-state index in [0.717, 1.165) is 5.03 Å². The molecule has 0 spiro atoms. The molecule has 2 aromatic rings. The molecule has 0 saturated heterocycles. The fraction of sp³-hybridized carbons (Fsp3) is 0.154. The number of hydrazine groups is 1. The van der Waals surface area contributed by atoms with Crippen LogP contribution in [0.2, 0.25) is 0 Å². The number of nitrogen functional groups attached to an aromatic ring is 1. The van der Waals surface area contributed by atoms with Crippen LogP contribution < -0.4 is 11.3 Å². The molecule has 1 heterocycles. The number of benzene rings is 1. The Morgan fingerprint density at radius 1 is 1.18 bits per heavy atom. The Kier molecular flexibility index (Phi) is 3.66. The van der Waals surface area contributed by atoms with E-state index in [1.54, 1.807) is 11.8 Å². The molecule has 0 fully saturated rings. The summed E-state index contributed by atoms with van der Waals surface area (Å²) in [5.41, 5.74) is 5.07. The standard InChI is InChI=1S/C13H15N3S/c1-9-6-7-10(2)11(8-9)17-13-5-3-4-12(15-13)16-14/h3-8H,14H2,1-2H3,(H,15,16). The van der Waals surface area contributed by atoms with Gasteiger partial charge in [0, 0.05) is 4.90 Å². The Morgan fingerprint density at radius 2 is 2.00 bits per heavy atom. The van der Waals surface area contributed by atoms with Crippen molar-refractivity contribution in [2.75, 3.05) is 5.43 Å². The first-order valence-electron chi connectivity index (χ1n) is 5.38. The highest BCUT2D eigenvalue weighted by molar-refractivity contribution is 7.99. The number of hydrogen-bond acceptors (Lipinski definition) is 4. The molecule has 0 aliphatic heterocycles. The smallest absolute Gasteiger partial charge is 0.141 e. The third-order valence-electron chi connectivity index (χ3n) is 2.43. The molecule has 4 heteroatoms. The number of nitrogens with zero attached hydrogens (tertiary/aromatic N) is 1. The summed E-state index contributed by atoms with van der Waals surface area (Å²) in [4.78, 5) is 5.61. The van der Waals surface area contributed by atoms with Gasteiger partial charge in [0.2, 0.25) is 0 Å². The number of aromatic nitrogens is 1. The minimum Gasteiger partial charge on any atom is -0.308 e. The van der Waals surface area contributed by atoms with Gasteiger partial charge in [-0.2, -0.15) is 0 Å². The largest absolute Gasteiger partial charge is 0.308 e. The highest BCUT2D eigenvalue weighted by Crippen LogP contribution is 2.30. The van der Waals surface area contributed by atoms with Crippen LogP contribution in [-0.4, -0.2) is 4.98 Å². The van der Waals surface area contributed by atoms with Crippen LogP contribution in [0.25, 0.3) is 0 Å². The SMILES string of the molecule is Cc1ccc(C)c(Sc2cccc(NN)n2)c1. The van der Waals surface area contributed by atoms with E-state index in [9.17, 15) is 0 Å². The Bertz CT molecular complexity index is 526. The summed E-state index contributed by atoms with van der Waals surface area (Å²) in [6.45, 7) is 4.20. The molecule has 1 aromatic carbocycles. The lowest BCUT2D eigenvalue weighted by atomic mass is 10.2. The van der Waals surface area contributed by atoms with Gasteiger partial charge in [-0.25, -0.2) is 10.8 Å². The first-order valence-corrected chi connectivity index (χ1v) is 6.19. The molecule has 0 radical (unpaired) electrons. The van der Waals surface area contributed by atoms with E-state index in [2.05, 4.69) is 42.5 Å². The molecule has 3 N–H and O–H groups in total. The van der Waals surface area contributed by atoms with E-state index in [4.69, 9.17) is 5.84 Å². The van der Waals surface area contributed by atoms with Crippen molar-refractivity contribution in [3.05, 3.63) is 47.5 Å². The highest BCUT2D eigenvalue weighted by atomic mass is 32.2. The third-order valence-corrected chi connectivity index (χ3v) is 3.53. The van der Waals surface area contributed by atoms with Crippen molar-refractivity contribution in [2.45, 2.75) is 23.8 Å². The fourth-order valence-electron chi connectivity index (χ4n) is 1.48. The van der Waals surface area contributed by atoms with E-state index in [1.165, 1.54) is 16.0 Å². The Balaban J connectivity index is 2.27. The Morgan fingerprint density at radius 3 is 2.76 bits per heavy atom. The highest BCUT2D eigenvalue weighted by Gasteiger charge is 2.03. The van der Waals surface area contributed by atoms with Crippen molar-refractivity contribution in [1.82, 2.24) is 4.98 Å². The minimum atomic E-state index is 0.681. The molecule has 3 nitrogen and oxygen atoms in total. The van der Waals surface area contributed by atoms with E-state index >= 15 is 0 Å². The molecule has 1 aromatic heterocycles. The van der Waals surface area contributed by atoms with E-state index in [0.29, 0.717) is 5.82 Å². The van der Waals surface area contributed by atoms with Crippen molar-refractivity contribution in [1.29, 1.82) is 0 Å². The summed E-state index contributed by atoms with van der Waals surface area (Å²) in [7, 11) is 0. The molecule has 0 atom stereocenters. The maximum atomic E-state index is 5.34. The molecule has 0 bridgehead atoms. The van der Waals surface area contributed by atoms with Crippen LogP contribution >= 0.6 is 11.8 Å². The molecular formula is C13H15N3S. The van der Waals surface area contributed by atoms with Crippen LogP contribution in [-0.2, 0) is 0 Å². The Hall–Kier alpha value is -1.52. The van der Waals surface area contributed by atoms with Gasteiger partial charge in [-0.15, -0.1) is 0 Å². The molecule has 17 heavy (non-hydrogen) atoms.